The Kier molecular flexibility index (Phi) is 8.22. The first-order valence-corrected chi connectivity index (χ1v) is 21.8. The number of nitrogens with one attached hydrogen (secondary N) is 1. The van der Waals surface area contributed by atoms with E-state index < -0.39 is 22.8 Å². The topological polar surface area (TPSA) is 156 Å². The predicted molar refractivity (Wildman–Crippen MR) is 230 cm³/mol. The summed E-state index contributed by atoms with van der Waals surface area (Å²) in [6.45, 7) is 6.53. The normalized spacial score (nSPS) is 21.3. The number of amides is 1. The maximum atomic E-state index is 16.1. The minimum Gasteiger partial charge on any atom is -0.375 e. The molecule has 8 aromatic rings. The second-order valence-electron chi connectivity index (χ2n) is 18.3. The number of rotatable bonds is 7. The number of carbonyl (C=O) groups is 1. The van der Waals surface area contributed by atoms with Gasteiger partial charge in [0.25, 0.3) is 5.91 Å². The van der Waals surface area contributed by atoms with Crippen molar-refractivity contribution in [3.05, 3.63) is 139 Å². The lowest BCUT2D eigenvalue weighted by atomic mass is 9.87. The highest BCUT2D eigenvalue weighted by atomic mass is 19.1. The van der Waals surface area contributed by atoms with E-state index in [1.54, 1.807) is 65.6 Å². The van der Waals surface area contributed by atoms with Gasteiger partial charge in [0.1, 0.15) is 22.9 Å². The van der Waals surface area contributed by atoms with Crippen molar-refractivity contribution in [1.82, 2.24) is 48.3 Å². The standard InChI is InChI=1S/C47H44F2N10O5/c1-25-17-31(18-26(2)39(25)48)59-41(57-15-14-56(45(57)62)37-8-7-36-32(40(37)49)23-50-54(36)4)33-24-55(13-9-34(33)52-59)42(60)38-20-30-19-28(29-10-16-63-46(22-29)11-12-46)5-6-35(30)58(38)47(21-27(47)3)43-51-44(61)64-53-43/h5-8,14-15,17-20,23,27,29H,9-13,16,21-22,24H2,1-4H3,(H,51,53,61)/t27-,29+,47-/m1/s1. The Labute approximate surface area is 363 Å². The summed E-state index contributed by atoms with van der Waals surface area (Å²) in [7, 11) is 1.72. The summed E-state index contributed by atoms with van der Waals surface area (Å²) in [6.07, 6.45) is 9.52. The molecule has 2 saturated carbocycles. The number of aromatic nitrogens is 9. The summed E-state index contributed by atoms with van der Waals surface area (Å²) < 4.78 is 50.2. The number of hydrogen-bond acceptors (Lipinski definition) is 8. The number of carbonyl (C=O) groups excluding carboxylic acids is 1. The van der Waals surface area contributed by atoms with Gasteiger partial charge in [-0.2, -0.15) is 10.2 Å². The molecule has 3 fully saturated rings. The van der Waals surface area contributed by atoms with Gasteiger partial charge in [-0.1, -0.05) is 18.1 Å². The molecule has 2 aliphatic heterocycles. The molecule has 15 nitrogen and oxygen atoms in total. The summed E-state index contributed by atoms with van der Waals surface area (Å²) in [5, 5.41) is 14.5. The van der Waals surface area contributed by atoms with Gasteiger partial charge in [-0.25, -0.2) is 23.1 Å². The van der Waals surface area contributed by atoms with Crippen LogP contribution in [-0.2, 0) is 30.3 Å². The van der Waals surface area contributed by atoms with Crippen LogP contribution in [0.2, 0.25) is 0 Å². The predicted octanol–water partition coefficient (Wildman–Crippen LogP) is 6.64. The van der Waals surface area contributed by atoms with E-state index in [0.717, 1.165) is 43.2 Å². The molecule has 4 aliphatic rings. The van der Waals surface area contributed by atoms with Crippen LogP contribution < -0.4 is 11.4 Å². The third-order valence-electron chi connectivity index (χ3n) is 14.4. The molecule has 7 heterocycles. The second kappa shape index (κ2) is 13.6. The number of nitrogens with zero attached hydrogens (tertiary/aromatic N) is 9. The van der Waals surface area contributed by atoms with Gasteiger partial charge in [-0.3, -0.25) is 28.1 Å². The second-order valence-corrected chi connectivity index (χ2v) is 18.3. The van der Waals surface area contributed by atoms with E-state index in [0.29, 0.717) is 76.2 Å². The van der Waals surface area contributed by atoms with Crippen LogP contribution in [-0.4, -0.2) is 73.0 Å². The van der Waals surface area contributed by atoms with Gasteiger partial charge in [0.05, 0.1) is 46.3 Å². The summed E-state index contributed by atoms with van der Waals surface area (Å²) >= 11 is 0. The molecule has 3 aromatic carbocycles. The van der Waals surface area contributed by atoms with E-state index in [-0.39, 0.29) is 40.9 Å². The Morgan fingerprint density at radius 1 is 0.953 bits per heavy atom. The number of aromatic amines is 1. The van der Waals surface area contributed by atoms with Gasteiger partial charge in [0.2, 0.25) is 0 Å². The van der Waals surface area contributed by atoms with Gasteiger partial charge >= 0.3 is 11.4 Å². The van der Waals surface area contributed by atoms with Crippen molar-refractivity contribution >= 4 is 27.7 Å². The fourth-order valence-corrected chi connectivity index (χ4v) is 10.7. The Morgan fingerprint density at radius 3 is 2.45 bits per heavy atom. The first kappa shape index (κ1) is 38.8. The van der Waals surface area contributed by atoms with Crippen LogP contribution in [0.5, 0.6) is 0 Å². The van der Waals surface area contributed by atoms with Crippen LogP contribution >= 0.6 is 0 Å². The summed E-state index contributed by atoms with van der Waals surface area (Å²) in [5.41, 5.74) is 4.31. The Morgan fingerprint density at radius 2 is 1.72 bits per heavy atom. The molecule has 1 saturated heterocycles. The Bertz CT molecular complexity index is 3370. The molecule has 1 amide bonds. The maximum Gasteiger partial charge on any atom is 0.438 e. The lowest BCUT2D eigenvalue weighted by molar-refractivity contribution is -0.0132. The highest BCUT2D eigenvalue weighted by Gasteiger charge is 2.59. The van der Waals surface area contributed by atoms with Gasteiger partial charge in [-0.15, -0.1) is 0 Å². The number of imidazole rings is 1. The number of aryl methyl sites for hydroxylation is 3. The van der Waals surface area contributed by atoms with Crippen LogP contribution in [0.1, 0.15) is 89.2 Å². The van der Waals surface area contributed by atoms with Crippen molar-refractivity contribution in [2.45, 2.75) is 82.9 Å². The zero-order chi connectivity index (χ0) is 44.0. The molecule has 0 radical (unpaired) electrons. The molecule has 12 rings (SSSR count). The minimum absolute atomic E-state index is 0.0104. The third kappa shape index (κ3) is 5.64. The summed E-state index contributed by atoms with van der Waals surface area (Å²) in [4.78, 5) is 46.9. The number of benzene rings is 3. The van der Waals surface area contributed by atoms with Crippen molar-refractivity contribution in [2.75, 3.05) is 13.2 Å². The lowest BCUT2D eigenvalue weighted by Crippen LogP contribution is -2.39. The molecule has 64 heavy (non-hydrogen) atoms. The van der Waals surface area contributed by atoms with Crippen LogP contribution in [0.25, 0.3) is 39.0 Å². The SMILES string of the molecule is Cc1cc(-n2nc3c(c2-n2ccn(-c4ccc5c(cnn5C)c4F)c2=O)CN(C(=O)c2cc4cc([C@H]5CCOC6(CC6)C5)ccc4n2[C@]2(c4noc(=O)[nH]4)C[C@H]2C)CC3)cc(C)c1F. The van der Waals surface area contributed by atoms with Crippen molar-refractivity contribution in [2.24, 2.45) is 13.0 Å². The third-order valence-corrected chi connectivity index (χ3v) is 14.4. The van der Waals surface area contributed by atoms with Gasteiger partial charge in [0, 0.05) is 55.5 Å². The van der Waals surface area contributed by atoms with Gasteiger partial charge in [0.15, 0.2) is 11.6 Å². The van der Waals surface area contributed by atoms with E-state index in [1.165, 1.54) is 27.1 Å². The van der Waals surface area contributed by atoms with Crippen molar-refractivity contribution in [3.63, 3.8) is 0 Å². The lowest BCUT2D eigenvalue weighted by Gasteiger charge is -2.30. The molecule has 1 N–H and O–H groups in total. The molecule has 0 bridgehead atoms. The van der Waals surface area contributed by atoms with Gasteiger partial charge < -0.3 is 14.2 Å². The number of ether oxygens (including phenoxy) is 1. The Balaban J connectivity index is 0.983. The molecule has 17 heteroatoms. The molecular weight excluding hydrogens is 823 g/mol. The fraction of sp³-hybridized carbons (Fsp3) is 0.362. The monoisotopic (exact) mass is 866 g/mol. The van der Waals surface area contributed by atoms with Crippen LogP contribution in [0.3, 0.4) is 0 Å². The molecule has 5 aromatic heterocycles. The number of hydrogen-bond donors (Lipinski definition) is 1. The van der Waals surface area contributed by atoms with Gasteiger partial charge in [-0.05, 0) is 117 Å². The zero-order valence-electron chi connectivity index (χ0n) is 35.7. The fourth-order valence-electron chi connectivity index (χ4n) is 10.7. The highest BCUT2D eigenvalue weighted by molar-refractivity contribution is 5.99. The van der Waals surface area contributed by atoms with Crippen molar-refractivity contribution in [3.8, 4) is 17.2 Å². The first-order valence-electron chi connectivity index (χ1n) is 21.8. The summed E-state index contributed by atoms with van der Waals surface area (Å²) in [5.74, 6) is -0.797. The average molecular weight is 867 g/mol. The van der Waals surface area contributed by atoms with Crippen LogP contribution in [0.15, 0.2) is 81.2 Å². The molecular formula is C47H44F2N10O5. The van der Waals surface area contributed by atoms with Crippen LogP contribution in [0.4, 0.5) is 8.78 Å². The minimum atomic E-state index is -0.837. The molecule has 2 aliphatic carbocycles. The van der Waals surface area contributed by atoms with Crippen molar-refractivity contribution < 1.29 is 22.8 Å². The molecule has 3 atom stereocenters. The smallest absolute Gasteiger partial charge is 0.375 e. The number of H-pyrrole nitrogens is 1. The largest absolute Gasteiger partial charge is 0.438 e. The van der Waals surface area contributed by atoms with Crippen molar-refractivity contribution in [1.29, 1.82) is 0 Å². The first-order chi connectivity index (χ1) is 30.8. The number of halogens is 2. The zero-order valence-corrected chi connectivity index (χ0v) is 35.7. The maximum absolute atomic E-state index is 16.1. The molecule has 326 valence electrons. The van der Waals surface area contributed by atoms with Crippen LogP contribution in [0, 0.1) is 31.4 Å². The van der Waals surface area contributed by atoms with E-state index in [1.807, 2.05) is 10.6 Å². The Hall–Kier alpha value is -6.88. The molecule has 1 spiro atoms. The summed E-state index contributed by atoms with van der Waals surface area (Å²) in [6, 6.07) is 15.0. The average Bonchev–Trinajstić information content (AvgIpc) is 3.71. The number of fused-ring (bicyclic) bond motifs is 3. The molecule has 0 unspecified atom stereocenters. The quantitative estimate of drug-likeness (QED) is 0.187. The van der Waals surface area contributed by atoms with E-state index >= 15 is 13.6 Å². The highest BCUT2D eigenvalue weighted by Crippen LogP contribution is 2.56. The van der Waals surface area contributed by atoms with E-state index in [2.05, 4.69) is 40.4 Å². The van der Waals surface area contributed by atoms with E-state index in [9.17, 15) is 9.59 Å². The van der Waals surface area contributed by atoms with E-state index in [4.69, 9.17) is 14.4 Å².